The average molecular weight is 851 g/mol. The summed E-state index contributed by atoms with van der Waals surface area (Å²) >= 11 is 3.42. The first kappa shape index (κ1) is 55.0. The zero-order chi connectivity index (χ0) is 41.5. The molecule has 3 nitrogen and oxygen atoms in total. The maximum absolute atomic E-state index is 5.35. The van der Waals surface area contributed by atoms with Gasteiger partial charge in [0.1, 0.15) is 0 Å². The van der Waals surface area contributed by atoms with Crippen LogP contribution in [-0.4, -0.2) is 29.9 Å². The number of halogens is 1. The summed E-state index contributed by atoms with van der Waals surface area (Å²) in [6, 6.07) is 31.6. The van der Waals surface area contributed by atoms with E-state index < -0.39 is 0 Å². The highest BCUT2D eigenvalue weighted by Crippen LogP contribution is 2.12. The van der Waals surface area contributed by atoms with Crippen molar-refractivity contribution in [3.05, 3.63) is 108 Å². The van der Waals surface area contributed by atoms with Crippen molar-refractivity contribution in [3.63, 3.8) is 0 Å². The Kier molecular flexibility index (Phi) is 45.1. The van der Waals surface area contributed by atoms with E-state index in [4.69, 9.17) is 5.73 Å². The molecule has 3 rings (SSSR count). The zero-order valence-corrected chi connectivity index (χ0v) is 39.6. The Morgan fingerprint density at radius 1 is 0.421 bits per heavy atom. The Morgan fingerprint density at radius 2 is 0.772 bits per heavy atom. The van der Waals surface area contributed by atoms with Crippen molar-refractivity contribution in [3.8, 4) is 0 Å². The van der Waals surface area contributed by atoms with Crippen LogP contribution in [0.4, 0.5) is 0 Å². The van der Waals surface area contributed by atoms with E-state index in [9.17, 15) is 0 Å². The molecular formula is C53H92BrN3. The van der Waals surface area contributed by atoms with Gasteiger partial charge in [0, 0.05) is 25.0 Å². The summed E-state index contributed by atoms with van der Waals surface area (Å²) in [4.78, 5) is 2.69. The van der Waals surface area contributed by atoms with Crippen LogP contribution in [0.5, 0.6) is 0 Å². The highest BCUT2D eigenvalue weighted by atomic mass is 79.9. The SMILES string of the molecule is CCCCCCCCBr.CCCCCCCCN(CCCCCCCC)Cc1ccccc1.CCCCCCCCNCc1ccccc1.NCc1ccccc1. The van der Waals surface area contributed by atoms with Crippen molar-refractivity contribution < 1.29 is 0 Å². The van der Waals surface area contributed by atoms with E-state index in [1.54, 1.807) is 0 Å². The molecule has 0 bridgehead atoms. The van der Waals surface area contributed by atoms with E-state index in [-0.39, 0.29) is 0 Å². The van der Waals surface area contributed by atoms with Gasteiger partial charge in [-0.15, -0.1) is 0 Å². The van der Waals surface area contributed by atoms with Gasteiger partial charge < -0.3 is 11.1 Å². The molecule has 0 saturated carbocycles. The Bertz CT molecular complexity index is 1100. The quantitative estimate of drug-likeness (QED) is 0.0486. The Hall–Kier alpha value is -1.98. The third-order valence-electron chi connectivity index (χ3n) is 10.3. The monoisotopic (exact) mass is 850 g/mol. The van der Waals surface area contributed by atoms with Crippen molar-refractivity contribution in [1.82, 2.24) is 10.2 Å². The first-order valence-corrected chi connectivity index (χ1v) is 25.1. The van der Waals surface area contributed by atoms with Gasteiger partial charge in [-0.2, -0.15) is 0 Å². The third-order valence-corrected chi connectivity index (χ3v) is 10.9. The summed E-state index contributed by atoms with van der Waals surface area (Å²) in [5, 5.41) is 4.67. The maximum Gasteiger partial charge on any atom is 0.0233 e. The predicted molar refractivity (Wildman–Crippen MR) is 261 cm³/mol. The molecule has 0 aliphatic rings. The molecule has 0 aromatic heterocycles. The van der Waals surface area contributed by atoms with Gasteiger partial charge in [-0.1, -0.05) is 263 Å². The largest absolute Gasteiger partial charge is 0.326 e. The third kappa shape index (κ3) is 40.6. The van der Waals surface area contributed by atoms with Crippen LogP contribution >= 0.6 is 15.9 Å². The topological polar surface area (TPSA) is 41.3 Å². The van der Waals surface area contributed by atoms with Crippen LogP contribution < -0.4 is 11.1 Å². The molecular weight excluding hydrogens is 759 g/mol. The number of alkyl halides is 1. The smallest absolute Gasteiger partial charge is 0.0233 e. The lowest BCUT2D eigenvalue weighted by Crippen LogP contribution is -2.25. The minimum atomic E-state index is 0.640. The van der Waals surface area contributed by atoms with Crippen molar-refractivity contribution in [2.45, 2.75) is 201 Å². The minimum absolute atomic E-state index is 0.640. The van der Waals surface area contributed by atoms with E-state index in [1.807, 2.05) is 30.3 Å². The summed E-state index contributed by atoms with van der Waals surface area (Å²) in [7, 11) is 0. The molecule has 0 aliphatic heterocycles. The second kappa shape index (κ2) is 46.7. The molecule has 326 valence electrons. The van der Waals surface area contributed by atoms with Crippen LogP contribution in [0.2, 0.25) is 0 Å². The van der Waals surface area contributed by atoms with Crippen LogP contribution in [0.3, 0.4) is 0 Å². The highest BCUT2D eigenvalue weighted by Gasteiger charge is 2.06. The summed E-state index contributed by atoms with van der Waals surface area (Å²) in [6.07, 6.45) is 33.4. The average Bonchev–Trinajstić information content (AvgIpc) is 3.26. The molecule has 4 heteroatoms. The number of hydrogen-bond acceptors (Lipinski definition) is 3. The van der Waals surface area contributed by atoms with E-state index in [1.165, 1.54) is 189 Å². The molecule has 3 aromatic rings. The molecule has 0 spiro atoms. The Morgan fingerprint density at radius 3 is 1.16 bits per heavy atom. The van der Waals surface area contributed by atoms with Crippen LogP contribution in [-0.2, 0) is 19.6 Å². The molecule has 0 amide bonds. The molecule has 0 heterocycles. The van der Waals surface area contributed by atoms with Crippen LogP contribution in [0.25, 0.3) is 0 Å². The van der Waals surface area contributed by atoms with E-state index >= 15 is 0 Å². The van der Waals surface area contributed by atoms with Gasteiger partial charge in [-0.05, 0) is 62.0 Å². The molecule has 0 aliphatic carbocycles. The van der Waals surface area contributed by atoms with Gasteiger partial charge in [-0.3, -0.25) is 4.90 Å². The van der Waals surface area contributed by atoms with E-state index in [2.05, 4.69) is 115 Å². The number of unbranched alkanes of at least 4 members (excludes halogenated alkanes) is 20. The predicted octanol–water partition coefficient (Wildman–Crippen LogP) is 16.2. The summed E-state index contributed by atoms with van der Waals surface area (Å²) in [5.74, 6) is 0. The van der Waals surface area contributed by atoms with Gasteiger partial charge in [0.2, 0.25) is 0 Å². The minimum Gasteiger partial charge on any atom is -0.326 e. The standard InChI is InChI=1S/C23H41N.C15H25N.C8H17Br.C7H9N/c1-3-5-7-9-11-16-20-24(21-17-12-10-8-6-4-2)22-23-18-14-13-15-19-23;1-2-3-4-5-6-10-13-16-14-15-11-8-7-9-12-15;1-2-3-4-5-6-7-8-9;8-6-7-4-2-1-3-5-7/h13-15,18-19H,3-12,16-17,20-22H2,1-2H3;7-9,11-12,16H,2-6,10,13-14H2,1H3;2-8H2,1H3;1-5H,6,8H2. The molecule has 0 fully saturated rings. The number of rotatable bonds is 32. The van der Waals surface area contributed by atoms with E-state index in [0.717, 1.165) is 19.6 Å². The number of benzene rings is 3. The maximum atomic E-state index is 5.35. The number of nitrogens with zero attached hydrogens (tertiary/aromatic N) is 1. The second-order valence-corrected chi connectivity index (χ2v) is 16.7. The van der Waals surface area contributed by atoms with Gasteiger partial charge >= 0.3 is 0 Å². The second-order valence-electron chi connectivity index (χ2n) is 15.9. The molecule has 0 radical (unpaired) electrons. The van der Waals surface area contributed by atoms with Crippen molar-refractivity contribution >= 4 is 15.9 Å². The van der Waals surface area contributed by atoms with Crippen LogP contribution in [0.15, 0.2) is 91.0 Å². The first-order chi connectivity index (χ1) is 28.1. The fourth-order valence-corrected chi connectivity index (χ4v) is 7.09. The summed E-state index contributed by atoms with van der Waals surface area (Å²) in [6.45, 7) is 15.6. The van der Waals surface area contributed by atoms with Gasteiger partial charge in [0.25, 0.3) is 0 Å². The molecule has 0 unspecified atom stereocenters. The molecule has 3 N–H and O–H groups in total. The molecule has 57 heavy (non-hydrogen) atoms. The summed E-state index contributed by atoms with van der Waals surface area (Å²) < 4.78 is 0. The molecule has 0 saturated heterocycles. The lowest BCUT2D eigenvalue weighted by molar-refractivity contribution is 0.252. The summed E-state index contributed by atoms with van der Waals surface area (Å²) in [5.41, 5.74) is 9.39. The lowest BCUT2D eigenvalue weighted by Gasteiger charge is -2.22. The highest BCUT2D eigenvalue weighted by molar-refractivity contribution is 9.09. The van der Waals surface area contributed by atoms with Crippen molar-refractivity contribution in [2.24, 2.45) is 5.73 Å². The fraction of sp³-hybridized carbons (Fsp3) is 0.660. The van der Waals surface area contributed by atoms with Gasteiger partial charge in [-0.25, -0.2) is 0 Å². The van der Waals surface area contributed by atoms with Crippen LogP contribution in [0.1, 0.15) is 198 Å². The zero-order valence-electron chi connectivity index (χ0n) is 38.0. The lowest BCUT2D eigenvalue weighted by atomic mass is 10.1. The number of nitrogens with two attached hydrogens (primary N) is 1. The number of nitrogens with one attached hydrogen (secondary N) is 1. The van der Waals surface area contributed by atoms with Gasteiger partial charge in [0.05, 0.1) is 0 Å². The van der Waals surface area contributed by atoms with Crippen molar-refractivity contribution in [1.29, 1.82) is 0 Å². The van der Waals surface area contributed by atoms with Crippen molar-refractivity contribution in [2.75, 3.05) is 25.0 Å². The normalized spacial score (nSPS) is 10.6. The van der Waals surface area contributed by atoms with E-state index in [0.29, 0.717) is 6.54 Å². The number of hydrogen-bond donors (Lipinski definition) is 2. The van der Waals surface area contributed by atoms with Gasteiger partial charge in [0.15, 0.2) is 0 Å². The Balaban J connectivity index is 0.000000811. The molecule has 3 aromatic carbocycles. The fourth-order valence-electron chi connectivity index (χ4n) is 6.69. The Labute approximate surface area is 364 Å². The molecule has 0 atom stereocenters. The van der Waals surface area contributed by atoms with Crippen LogP contribution in [0, 0.1) is 0 Å². The first-order valence-electron chi connectivity index (χ1n) is 24.0.